The predicted octanol–water partition coefficient (Wildman–Crippen LogP) is -5.28. The van der Waals surface area contributed by atoms with E-state index in [1.54, 1.807) is 0 Å². The molecule has 1 unspecified atom stereocenters. The summed E-state index contributed by atoms with van der Waals surface area (Å²) < 4.78 is 23.2. The van der Waals surface area contributed by atoms with E-state index in [1.165, 1.54) is 0 Å². The van der Waals surface area contributed by atoms with Gasteiger partial charge in [0.2, 0.25) is 0 Å². The van der Waals surface area contributed by atoms with Crippen LogP contribution in [0.25, 0.3) is 0 Å². The molecule has 1 fully saturated rings. The Labute approximate surface area is 156 Å². The Morgan fingerprint density at radius 3 is 1.96 bits per heavy atom. The summed E-state index contributed by atoms with van der Waals surface area (Å²) in [4.78, 5) is 20.9. The summed E-state index contributed by atoms with van der Waals surface area (Å²) in [7, 11) is 0. The Morgan fingerprint density at radius 1 is 1.08 bits per heavy atom. The molecule has 0 aromatic carbocycles. The number of alkyl halides is 1. The maximum Gasteiger partial charge on any atom is 2.00 e. The number of aliphatic hydroxyl groups is 4. The maximum absolute atomic E-state index is 13.5. The first-order valence-electron chi connectivity index (χ1n) is 6.19. The Hall–Kier alpha value is -0.762. The molecule has 0 spiro atoms. The summed E-state index contributed by atoms with van der Waals surface area (Å²) >= 11 is 0. The molecule has 5 atom stereocenters. The van der Waals surface area contributed by atoms with Crippen molar-refractivity contribution in [1.29, 1.82) is 0 Å². The number of halogens is 1. The SMILES string of the molecule is N.N.O=C([O-])C(F)(CCOC1O[C@H](CO)[C@@H](O)[C@H](O)[C@@H]1O)C(=O)[O-].[Pt+2]. The van der Waals surface area contributed by atoms with Gasteiger partial charge in [-0.1, -0.05) is 0 Å². The average molecular weight is 555 g/mol. The van der Waals surface area contributed by atoms with E-state index in [0.29, 0.717) is 0 Å². The van der Waals surface area contributed by atoms with Crippen LogP contribution in [0.1, 0.15) is 6.42 Å². The van der Waals surface area contributed by atoms with E-state index < -0.39 is 67.9 Å². The number of hydrogen-bond acceptors (Lipinski definition) is 12. The van der Waals surface area contributed by atoms with Crippen molar-refractivity contribution in [2.24, 2.45) is 0 Å². The Balaban J connectivity index is -0.00000161. The largest absolute Gasteiger partial charge is 2.00 e. The van der Waals surface area contributed by atoms with Gasteiger partial charge in [-0.05, 0) is 0 Å². The molecule has 12 nitrogen and oxygen atoms in total. The van der Waals surface area contributed by atoms with Crippen molar-refractivity contribution in [3.8, 4) is 0 Å². The summed E-state index contributed by atoms with van der Waals surface area (Å²) in [6.07, 6.45) is -9.27. The number of carboxylic acids is 2. The molecule has 25 heavy (non-hydrogen) atoms. The second kappa shape index (κ2) is 11.8. The molecule has 1 heterocycles. The molecule has 10 N–H and O–H groups in total. The molecule has 0 saturated carbocycles. The fourth-order valence-corrected chi connectivity index (χ4v) is 1.81. The van der Waals surface area contributed by atoms with Gasteiger partial charge in [0, 0.05) is 6.42 Å². The van der Waals surface area contributed by atoms with Crippen molar-refractivity contribution in [2.45, 2.75) is 42.8 Å². The molecule has 1 rings (SSSR count). The summed E-state index contributed by atoms with van der Waals surface area (Å²) in [5.74, 6) is -5.05. The van der Waals surface area contributed by atoms with Gasteiger partial charge in [0.25, 0.3) is 0 Å². The van der Waals surface area contributed by atoms with Crippen LogP contribution in [0.2, 0.25) is 0 Å². The Kier molecular flexibility index (Phi) is 13.7. The summed E-state index contributed by atoms with van der Waals surface area (Å²) in [6, 6.07) is 0. The molecular weight excluding hydrogens is 534 g/mol. The summed E-state index contributed by atoms with van der Waals surface area (Å²) in [5.41, 5.74) is -3.80. The van der Waals surface area contributed by atoms with Crippen LogP contribution in [0.3, 0.4) is 0 Å². The Morgan fingerprint density at radius 2 is 1.56 bits per heavy atom. The van der Waals surface area contributed by atoms with Crippen LogP contribution in [0.15, 0.2) is 0 Å². The molecule has 0 aromatic rings. The van der Waals surface area contributed by atoms with E-state index in [-0.39, 0.29) is 33.4 Å². The molecule has 1 aliphatic rings. The molecule has 0 aliphatic carbocycles. The minimum Gasteiger partial charge on any atom is -0.546 e. The first kappa shape index (κ1) is 29.0. The summed E-state index contributed by atoms with van der Waals surface area (Å²) in [6.45, 7) is -1.57. The third-order valence-electron chi connectivity index (χ3n) is 3.22. The van der Waals surface area contributed by atoms with Crippen LogP contribution in [0.5, 0.6) is 0 Å². The zero-order valence-corrected chi connectivity index (χ0v) is 15.1. The molecule has 0 radical (unpaired) electrons. The van der Waals surface area contributed by atoms with Crippen molar-refractivity contribution in [3.05, 3.63) is 0 Å². The van der Waals surface area contributed by atoms with Crippen LogP contribution < -0.4 is 22.5 Å². The number of hydrogen-bond donors (Lipinski definition) is 6. The third-order valence-corrected chi connectivity index (χ3v) is 3.22. The minimum absolute atomic E-state index is 0. The molecule has 0 amide bonds. The molecule has 0 bridgehead atoms. The average Bonchev–Trinajstić information content (AvgIpc) is 2.46. The van der Waals surface area contributed by atoms with Crippen LogP contribution >= 0.6 is 0 Å². The van der Waals surface area contributed by atoms with Crippen molar-refractivity contribution in [2.75, 3.05) is 13.2 Å². The second-order valence-corrected chi connectivity index (χ2v) is 4.69. The molecule has 1 saturated heterocycles. The first-order chi connectivity index (χ1) is 10.1. The smallest absolute Gasteiger partial charge is 0.546 e. The second-order valence-electron chi connectivity index (χ2n) is 4.69. The van der Waals surface area contributed by atoms with Crippen LogP contribution in [0.4, 0.5) is 4.39 Å². The number of ether oxygens (including phenoxy) is 2. The van der Waals surface area contributed by atoms with Crippen molar-refractivity contribution in [1.82, 2.24) is 12.3 Å². The number of aliphatic hydroxyl groups excluding tert-OH is 4. The van der Waals surface area contributed by atoms with Gasteiger partial charge in [-0.25, -0.2) is 4.39 Å². The van der Waals surface area contributed by atoms with Crippen LogP contribution in [0, 0.1) is 0 Å². The third kappa shape index (κ3) is 6.47. The fraction of sp³-hybridized carbons (Fsp3) is 0.818. The molecular formula is C11H21FN2O10Pt. The molecule has 1 aliphatic heterocycles. The maximum atomic E-state index is 13.5. The number of aliphatic carboxylic acids is 2. The number of carbonyl (C=O) groups excluding carboxylic acids is 2. The number of carboxylic acid groups (broad SMARTS) is 2. The van der Waals surface area contributed by atoms with Gasteiger partial charge in [-0.2, -0.15) is 0 Å². The molecule has 152 valence electrons. The molecule has 0 aromatic heterocycles. The fourth-order valence-electron chi connectivity index (χ4n) is 1.81. The Bertz CT molecular complexity index is 416. The van der Waals surface area contributed by atoms with E-state index in [1.807, 2.05) is 0 Å². The van der Waals surface area contributed by atoms with Crippen molar-refractivity contribution in [3.63, 3.8) is 0 Å². The van der Waals surface area contributed by atoms with E-state index in [0.717, 1.165) is 0 Å². The molecule has 14 heteroatoms. The number of carbonyl (C=O) groups is 2. The summed E-state index contributed by atoms with van der Waals surface area (Å²) in [5, 5.41) is 58.3. The van der Waals surface area contributed by atoms with Gasteiger partial charge in [0.15, 0.2) is 12.0 Å². The van der Waals surface area contributed by atoms with E-state index in [9.17, 15) is 39.5 Å². The van der Waals surface area contributed by atoms with Gasteiger partial charge < -0.3 is 62.0 Å². The van der Waals surface area contributed by atoms with Gasteiger partial charge in [0.1, 0.15) is 24.4 Å². The first-order valence-corrected chi connectivity index (χ1v) is 6.19. The van der Waals surface area contributed by atoms with Gasteiger partial charge in [-0.15, -0.1) is 0 Å². The monoisotopic (exact) mass is 555 g/mol. The van der Waals surface area contributed by atoms with Crippen LogP contribution in [-0.4, -0.2) is 82.0 Å². The quantitative estimate of drug-likeness (QED) is 0.161. The zero-order valence-electron chi connectivity index (χ0n) is 12.9. The van der Waals surface area contributed by atoms with Gasteiger partial charge >= 0.3 is 21.1 Å². The standard InChI is InChI=1S/C11H17FO10.2H3N.Pt/c12-11(9(17)18,10(19)20)1-2-21-8-7(16)6(15)5(14)4(3-13)22-8;;;/h4-8,13-16H,1-3H2,(H,17,18)(H,19,20);2*1H3;/q;;;+2/p-2/t4-,5-,6+,7+,8?;;;/m1.../s1. The van der Waals surface area contributed by atoms with E-state index in [2.05, 4.69) is 0 Å². The van der Waals surface area contributed by atoms with Gasteiger partial charge in [0.05, 0.1) is 25.2 Å². The number of rotatable bonds is 7. The van der Waals surface area contributed by atoms with Crippen molar-refractivity contribution < 1.29 is 75.2 Å². The topological polar surface area (TPSA) is 250 Å². The van der Waals surface area contributed by atoms with E-state index >= 15 is 0 Å². The predicted molar refractivity (Wildman–Crippen MR) is 68.2 cm³/mol. The van der Waals surface area contributed by atoms with Crippen molar-refractivity contribution >= 4 is 11.9 Å². The van der Waals surface area contributed by atoms with Gasteiger partial charge in [-0.3, -0.25) is 0 Å². The minimum atomic E-state index is -3.80. The van der Waals surface area contributed by atoms with Crippen LogP contribution in [-0.2, 0) is 40.1 Å². The van der Waals surface area contributed by atoms with E-state index in [4.69, 9.17) is 14.6 Å². The zero-order chi connectivity index (χ0) is 17.1. The normalized spacial score (nSPS) is 28.8.